The fourth-order valence-corrected chi connectivity index (χ4v) is 4.14. The number of thiophene rings is 1. The third kappa shape index (κ3) is 7.09. The maximum Gasteiger partial charge on any atom is 0.348 e. The minimum atomic E-state index is -0.403. The standard InChI is InChI=1S/C24H27N3O6S/c1-32-24(31)21-14-19-20(15-25-16-22(19)34-21)33-18-5-2-17(3-6-18)4-7-23(30)26-8-9-27(10-12-28)11-13-29/h2-7,14-16,28-29H,8-13H2,1H3,(H,26,30)/b7-4+. The van der Waals surface area contributed by atoms with Crippen LogP contribution in [-0.2, 0) is 9.53 Å². The SMILES string of the molecule is COC(=O)c1cc2c(Oc3ccc(/C=C/C(=O)NCCN(CCO)CCO)cc3)cncc2s1. The highest BCUT2D eigenvalue weighted by atomic mass is 32.1. The first-order valence-electron chi connectivity index (χ1n) is 10.7. The lowest BCUT2D eigenvalue weighted by atomic mass is 10.2. The van der Waals surface area contributed by atoms with E-state index in [-0.39, 0.29) is 19.1 Å². The Kier molecular flexibility index (Phi) is 9.53. The van der Waals surface area contributed by atoms with Gasteiger partial charge in [0.1, 0.15) is 10.6 Å². The van der Waals surface area contributed by atoms with E-state index >= 15 is 0 Å². The highest BCUT2D eigenvalue weighted by Crippen LogP contribution is 2.34. The molecule has 0 atom stereocenters. The molecule has 3 rings (SSSR count). The summed E-state index contributed by atoms with van der Waals surface area (Å²) in [6, 6.07) is 8.94. The Morgan fingerprint density at radius 1 is 1.12 bits per heavy atom. The number of esters is 1. The number of hydrogen-bond acceptors (Lipinski definition) is 9. The predicted octanol–water partition coefficient (Wildman–Crippen LogP) is 2.29. The van der Waals surface area contributed by atoms with Gasteiger partial charge >= 0.3 is 5.97 Å². The number of aliphatic hydroxyl groups is 2. The van der Waals surface area contributed by atoms with Crippen LogP contribution >= 0.6 is 11.3 Å². The number of rotatable bonds is 12. The molecule has 1 aromatic carbocycles. The van der Waals surface area contributed by atoms with Crippen LogP contribution in [0, 0.1) is 0 Å². The second-order valence-electron chi connectivity index (χ2n) is 7.24. The lowest BCUT2D eigenvalue weighted by Gasteiger charge is -2.19. The molecule has 9 nitrogen and oxygen atoms in total. The van der Waals surface area contributed by atoms with E-state index in [0.717, 1.165) is 15.6 Å². The summed E-state index contributed by atoms with van der Waals surface area (Å²) in [4.78, 5) is 30.4. The van der Waals surface area contributed by atoms with Crippen molar-refractivity contribution in [3.8, 4) is 11.5 Å². The van der Waals surface area contributed by atoms with Crippen molar-refractivity contribution >= 4 is 39.4 Å². The summed E-state index contributed by atoms with van der Waals surface area (Å²) < 4.78 is 11.6. The molecular weight excluding hydrogens is 458 g/mol. The molecule has 0 radical (unpaired) electrons. The molecule has 0 spiro atoms. The van der Waals surface area contributed by atoms with Crippen LogP contribution in [-0.4, -0.2) is 78.5 Å². The first kappa shape index (κ1) is 25.3. The number of nitrogens with one attached hydrogen (secondary N) is 1. The van der Waals surface area contributed by atoms with Crippen molar-refractivity contribution in [2.45, 2.75) is 0 Å². The Labute approximate surface area is 201 Å². The van der Waals surface area contributed by atoms with Crippen LogP contribution in [0.25, 0.3) is 16.2 Å². The van der Waals surface area contributed by atoms with E-state index in [1.165, 1.54) is 24.5 Å². The molecule has 10 heteroatoms. The van der Waals surface area contributed by atoms with Crippen molar-refractivity contribution in [3.05, 3.63) is 59.2 Å². The van der Waals surface area contributed by atoms with Crippen LogP contribution < -0.4 is 10.1 Å². The highest BCUT2D eigenvalue weighted by molar-refractivity contribution is 7.20. The van der Waals surface area contributed by atoms with Crippen molar-refractivity contribution in [1.82, 2.24) is 15.2 Å². The fraction of sp³-hybridized carbons (Fsp3) is 0.292. The van der Waals surface area contributed by atoms with Gasteiger partial charge in [0.2, 0.25) is 5.91 Å². The molecule has 0 saturated heterocycles. The number of nitrogens with zero attached hydrogens (tertiary/aromatic N) is 2. The molecule has 0 bridgehead atoms. The van der Waals surface area contributed by atoms with Crippen LogP contribution in [0.15, 0.2) is 48.8 Å². The third-order valence-electron chi connectivity index (χ3n) is 4.89. The first-order valence-corrected chi connectivity index (χ1v) is 11.5. The van der Waals surface area contributed by atoms with Crippen molar-refractivity contribution in [2.75, 3.05) is 46.5 Å². The number of pyridine rings is 1. The zero-order valence-corrected chi connectivity index (χ0v) is 19.6. The second-order valence-corrected chi connectivity index (χ2v) is 8.32. The summed E-state index contributed by atoms with van der Waals surface area (Å²) >= 11 is 1.29. The molecule has 34 heavy (non-hydrogen) atoms. The summed E-state index contributed by atoms with van der Waals surface area (Å²) in [7, 11) is 1.34. The van der Waals surface area contributed by atoms with Gasteiger partial charge in [0.05, 0.1) is 31.2 Å². The number of carbonyl (C=O) groups is 2. The van der Waals surface area contributed by atoms with E-state index in [1.807, 2.05) is 17.0 Å². The van der Waals surface area contributed by atoms with Gasteiger partial charge in [0, 0.05) is 43.8 Å². The maximum atomic E-state index is 12.0. The molecule has 2 heterocycles. The molecule has 0 aliphatic carbocycles. The molecule has 0 saturated carbocycles. The highest BCUT2D eigenvalue weighted by Gasteiger charge is 2.14. The molecule has 3 N–H and O–H groups in total. The average molecular weight is 486 g/mol. The van der Waals surface area contributed by atoms with E-state index in [2.05, 4.69) is 10.3 Å². The number of fused-ring (bicyclic) bond motifs is 1. The quantitative estimate of drug-likeness (QED) is 0.264. The summed E-state index contributed by atoms with van der Waals surface area (Å²) in [5.74, 6) is 0.488. The van der Waals surface area contributed by atoms with Gasteiger partial charge in [-0.25, -0.2) is 4.79 Å². The molecule has 0 fully saturated rings. The molecule has 180 valence electrons. The lowest BCUT2D eigenvalue weighted by Crippen LogP contribution is -2.37. The fourth-order valence-electron chi connectivity index (χ4n) is 3.18. The monoisotopic (exact) mass is 485 g/mol. The van der Waals surface area contributed by atoms with Crippen LogP contribution in [0.3, 0.4) is 0 Å². The van der Waals surface area contributed by atoms with Crippen LogP contribution in [0.4, 0.5) is 0 Å². The third-order valence-corrected chi connectivity index (χ3v) is 5.94. The Morgan fingerprint density at radius 2 is 1.85 bits per heavy atom. The second kappa shape index (κ2) is 12.8. The van der Waals surface area contributed by atoms with Crippen LogP contribution in [0.5, 0.6) is 11.5 Å². The Hall–Kier alpha value is -3.31. The minimum absolute atomic E-state index is 0.00100. The van der Waals surface area contributed by atoms with E-state index in [4.69, 9.17) is 19.7 Å². The Bertz CT molecular complexity index is 1120. The summed E-state index contributed by atoms with van der Waals surface area (Å²) in [6.45, 7) is 1.85. The van der Waals surface area contributed by atoms with Gasteiger partial charge in [0.25, 0.3) is 0 Å². The molecule has 0 aliphatic heterocycles. The predicted molar refractivity (Wildman–Crippen MR) is 130 cm³/mol. The molecule has 1 amide bonds. The smallest absolute Gasteiger partial charge is 0.348 e. The number of benzene rings is 1. The van der Waals surface area contributed by atoms with Crippen molar-refractivity contribution in [1.29, 1.82) is 0 Å². The van der Waals surface area contributed by atoms with Gasteiger partial charge in [-0.3, -0.25) is 14.7 Å². The number of hydrogen-bond donors (Lipinski definition) is 3. The zero-order chi connectivity index (χ0) is 24.3. The number of aromatic nitrogens is 1. The van der Waals surface area contributed by atoms with Gasteiger partial charge in [-0.15, -0.1) is 11.3 Å². The van der Waals surface area contributed by atoms with Crippen LogP contribution in [0.1, 0.15) is 15.2 Å². The molecular formula is C24H27N3O6S. The van der Waals surface area contributed by atoms with Gasteiger partial charge in [0.15, 0.2) is 5.75 Å². The summed E-state index contributed by atoms with van der Waals surface area (Å²) in [6.07, 6.45) is 6.41. The molecule has 0 unspecified atom stereocenters. The number of ether oxygens (including phenoxy) is 2. The maximum absolute atomic E-state index is 12.0. The van der Waals surface area contributed by atoms with E-state index in [0.29, 0.717) is 42.6 Å². The van der Waals surface area contributed by atoms with Crippen LogP contribution in [0.2, 0.25) is 0 Å². The number of aliphatic hydroxyl groups excluding tert-OH is 2. The van der Waals surface area contributed by atoms with Gasteiger partial charge < -0.3 is 25.0 Å². The van der Waals surface area contributed by atoms with E-state index in [9.17, 15) is 9.59 Å². The van der Waals surface area contributed by atoms with Crippen molar-refractivity contribution in [3.63, 3.8) is 0 Å². The van der Waals surface area contributed by atoms with E-state index < -0.39 is 5.97 Å². The lowest BCUT2D eigenvalue weighted by molar-refractivity contribution is -0.116. The summed E-state index contributed by atoms with van der Waals surface area (Å²) in [5.41, 5.74) is 0.824. The Balaban J connectivity index is 1.56. The Morgan fingerprint density at radius 3 is 2.53 bits per heavy atom. The van der Waals surface area contributed by atoms with Crippen molar-refractivity contribution < 1.29 is 29.3 Å². The first-order chi connectivity index (χ1) is 16.5. The van der Waals surface area contributed by atoms with Gasteiger partial charge in [-0.2, -0.15) is 0 Å². The molecule has 2 aromatic heterocycles. The van der Waals surface area contributed by atoms with Gasteiger partial charge in [-0.1, -0.05) is 12.1 Å². The number of carbonyl (C=O) groups excluding carboxylic acids is 2. The van der Waals surface area contributed by atoms with Gasteiger partial charge in [-0.05, 0) is 29.8 Å². The topological polar surface area (TPSA) is 121 Å². The summed E-state index contributed by atoms with van der Waals surface area (Å²) in [5, 5.41) is 21.6. The number of amides is 1. The zero-order valence-electron chi connectivity index (χ0n) is 18.8. The minimum Gasteiger partial charge on any atom is -0.465 e. The largest absolute Gasteiger partial charge is 0.465 e. The average Bonchev–Trinajstić information content (AvgIpc) is 3.29. The molecule has 0 aliphatic rings. The van der Waals surface area contributed by atoms with Crippen molar-refractivity contribution in [2.24, 2.45) is 0 Å². The number of methoxy groups -OCH3 is 1. The molecule has 3 aromatic rings. The normalized spacial score (nSPS) is 11.3. The van der Waals surface area contributed by atoms with E-state index in [1.54, 1.807) is 36.7 Å².